The first-order valence-electron chi connectivity index (χ1n) is 6.69. The highest BCUT2D eigenvalue weighted by molar-refractivity contribution is 5.56. The summed E-state index contributed by atoms with van der Waals surface area (Å²) in [6.45, 7) is 6.80. The summed E-state index contributed by atoms with van der Waals surface area (Å²) in [5.74, 6) is 0.744. The minimum Gasteiger partial charge on any atom is -0.313 e. The van der Waals surface area contributed by atoms with E-state index >= 15 is 0 Å². The Bertz CT molecular complexity index is 481. The van der Waals surface area contributed by atoms with E-state index in [0.717, 1.165) is 36.8 Å². The molecule has 0 saturated heterocycles. The lowest BCUT2D eigenvalue weighted by Crippen LogP contribution is -2.19. The Morgan fingerprint density at radius 3 is 2.32 bits per heavy atom. The number of rotatable bonds is 6. The van der Waals surface area contributed by atoms with Crippen LogP contribution in [0.1, 0.15) is 19.4 Å². The lowest BCUT2D eigenvalue weighted by Gasteiger charge is -2.20. The molecule has 0 bridgehead atoms. The van der Waals surface area contributed by atoms with E-state index in [4.69, 9.17) is 0 Å². The van der Waals surface area contributed by atoms with Crippen LogP contribution < -0.4 is 10.2 Å². The predicted molar refractivity (Wildman–Crippen MR) is 78.5 cm³/mol. The highest BCUT2D eigenvalue weighted by atomic mass is 15.2. The molecule has 1 N–H and O–H groups in total. The summed E-state index contributed by atoms with van der Waals surface area (Å²) in [5.41, 5.74) is 2.22. The third-order valence-electron chi connectivity index (χ3n) is 2.90. The van der Waals surface area contributed by atoms with E-state index in [0.29, 0.717) is 0 Å². The largest absolute Gasteiger partial charge is 0.313 e. The summed E-state index contributed by atoms with van der Waals surface area (Å²) < 4.78 is 0. The second kappa shape index (κ2) is 6.85. The van der Waals surface area contributed by atoms with Crippen molar-refractivity contribution < 1.29 is 0 Å². The molecule has 0 atom stereocenters. The molecule has 0 radical (unpaired) electrons. The number of hydrogen-bond donors (Lipinski definition) is 1. The molecule has 0 aliphatic carbocycles. The van der Waals surface area contributed by atoms with Gasteiger partial charge in [0.25, 0.3) is 0 Å². The van der Waals surface area contributed by atoms with E-state index in [-0.39, 0.29) is 0 Å². The van der Waals surface area contributed by atoms with Crippen LogP contribution in [0, 0.1) is 0 Å². The predicted octanol–water partition coefficient (Wildman–Crippen LogP) is 2.74. The normalized spacial score (nSPS) is 10.4. The van der Waals surface area contributed by atoms with Gasteiger partial charge in [0.05, 0.1) is 0 Å². The van der Waals surface area contributed by atoms with Gasteiger partial charge in [-0.05, 0) is 25.6 Å². The van der Waals surface area contributed by atoms with Crippen molar-refractivity contribution in [3.05, 3.63) is 48.3 Å². The van der Waals surface area contributed by atoms with Crippen LogP contribution in [0.15, 0.2) is 42.7 Å². The molecule has 0 aliphatic heterocycles. The van der Waals surface area contributed by atoms with Gasteiger partial charge in [0.2, 0.25) is 5.95 Å². The van der Waals surface area contributed by atoms with Crippen LogP contribution >= 0.6 is 0 Å². The standard InChI is InChI=1S/C15H20N4/c1-3-16-10-13-11-17-15(18-12-13)19(4-2)14-8-6-5-7-9-14/h5-9,11-12,16H,3-4,10H2,1-2H3. The molecular formula is C15H20N4. The molecule has 2 aromatic rings. The third kappa shape index (κ3) is 3.51. The Morgan fingerprint density at radius 1 is 1.05 bits per heavy atom. The van der Waals surface area contributed by atoms with Crippen molar-refractivity contribution in [1.29, 1.82) is 0 Å². The molecule has 19 heavy (non-hydrogen) atoms. The highest BCUT2D eigenvalue weighted by Crippen LogP contribution is 2.20. The molecule has 1 aromatic heterocycles. The lowest BCUT2D eigenvalue weighted by atomic mass is 10.3. The van der Waals surface area contributed by atoms with Gasteiger partial charge in [0.15, 0.2) is 0 Å². The van der Waals surface area contributed by atoms with Crippen LogP contribution in [0.25, 0.3) is 0 Å². The summed E-state index contributed by atoms with van der Waals surface area (Å²) in [6, 6.07) is 10.2. The second-order valence-electron chi connectivity index (χ2n) is 4.25. The average Bonchev–Trinajstić information content (AvgIpc) is 2.48. The van der Waals surface area contributed by atoms with Crippen LogP contribution in [0.2, 0.25) is 0 Å². The Kier molecular flexibility index (Phi) is 4.86. The zero-order chi connectivity index (χ0) is 13.5. The second-order valence-corrected chi connectivity index (χ2v) is 4.25. The number of benzene rings is 1. The van der Waals surface area contributed by atoms with Crippen molar-refractivity contribution in [2.24, 2.45) is 0 Å². The van der Waals surface area contributed by atoms with Gasteiger partial charge in [-0.25, -0.2) is 9.97 Å². The Morgan fingerprint density at radius 2 is 1.74 bits per heavy atom. The van der Waals surface area contributed by atoms with E-state index in [1.165, 1.54) is 0 Å². The molecule has 1 heterocycles. The van der Waals surface area contributed by atoms with Crippen LogP contribution in [0.4, 0.5) is 11.6 Å². The monoisotopic (exact) mass is 256 g/mol. The van der Waals surface area contributed by atoms with Crippen LogP contribution in [0.5, 0.6) is 0 Å². The van der Waals surface area contributed by atoms with Crippen molar-refractivity contribution in [2.75, 3.05) is 18.0 Å². The van der Waals surface area contributed by atoms with Crippen molar-refractivity contribution in [2.45, 2.75) is 20.4 Å². The molecule has 4 heteroatoms. The summed E-state index contributed by atoms with van der Waals surface area (Å²) in [5, 5.41) is 3.27. The molecule has 0 saturated carbocycles. The molecule has 100 valence electrons. The highest BCUT2D eigenvalue weighted by Gasteiger charge is 2.09. The van der Waals surface area contributed by atoms with Gasteiger partial charge in [0, 0.05) is 36.7 Å². The maximum atomic E-state index is 4.45. The fourth-order valence-corrected chi connectivity index (χ4v) is 1.90. The summed E-state index contributed by atoms with van der Waals surface area (Å²) in [6.07, 6.45) is 3.77. The van der Waals surface area contributed by atoms with E-state index in [9.17, 15) is 0 Å². The average molecular weight is 256 g/mol. The van der Waals surface area contributed by atoms with Gasteiger partial charge in [-0.2, -0.15) is 0 Å². The summed E-state index contributed by atoms with van der Waals surface area (Å²) in [7, 11) is 0. The minimum absolute atomic E-state index is 0.744. The number of aromatic nitrogens is 2. The topological polar surface area (TPSA) is 41.1 Å². The maximum Gasteiger partial charge on any atom is 0.229 e. The molecule has 2 rings (SSSR count). The van der Waals surface area contributed by atoms with Gasteiger partial charge in [0.1, 0.15) is 0 Å². The Hall–Kier alpha value is -1.94. The van der Waals surface area contributed by atoms with Gasteiger partial charge >= 0.3 is 0 Å². The zero-order valence-electron chi connectivity index (χ0n) is 11.5. The fourth-order valence-electron chi connectivity index (χ4n) is 1.90. The van der Waals surface area contributed by atoms with Gasteiger partial charge in [-0.1, -0.05) is 25.1 Å². The first kappa shape index (κ1) is 13.5. The number of nitrogens with zero attached hydrogens (tertiary/aromatic N) is 3. The summed E-state index contributed by atoms with van der Waals surface area (Å²) >= 11 is 0. The number of anilines is 2. The molecule has 0 fully saturated rings. The van der Waals surface area contributed by atoms with E-state index < -0.39 is 0 Å². The maximum absolute atomic E-state index is 4.45. The van der Waals surface area contributed by atoms with Crippen LogP contribution in [-0.2, 0) is 6.54 Å². The number of para-hydroxylation sites is 1. The molecule has 4 nitrogen and oxygen atoms in total. The fraction of sp³-hybridized carbons (Fsp3) is 0.333. The number of hydrogen-bond acceptors (Lipinski definition) is 4. The van der Waals surface area contributed by atoms with Crippen molar-refractivity contribution in [1.82, 2.24) is 15.3 Å². The van der Waals surface area contributed by atoms with Gasteiger partial charge in [-0.15, -0.1) is 0 Å². The lowest BCUT2D eigenvalue weighted by molar-refractivity contribution is 0.720. The van der Waals surface area contributed by atoms with E-state index in [1.807, 2.05) is 30.6 Å². The number of nitrogens with one attached hydrogen (secondary N) is 1. The van der Waals surface area contributed by atoms with E-state index in [2.05, 4.69) is 46.2 Å². The summed E-state index contributed by atoms with van der Waals surface area (Å²) in [4.78, 5) is 11.0. The van der Waals surface area contributed by atoms with Crippen LogP contribution in [0.3, 0.4) is 0 Å². The van der Waals surface area contributed by atoms with Crippen molar-refractivity contribution in [3.63, 3.8) is 0 Å². The molecule has 1 aromatic carbocycles. The molecule has 0 amide bonds. The zero-order valence-corrected chi connectivity index (χ0v) is 11.5. The van der Waals surface area contributed by atoms with Crippen LogP contribution in [-0.4, -0.2) is 23.1 Å². The van der Waals surface area contributed by atoms with Gasteiger partial charge in [-0.3, -0.25) is 0 Å². The van der Waals surface area contributed by atoms with Crippen molar-refractivity contribution in [3.8, 4) is 0 Å². The van der Waals surface area contributed by atoms with Gasteiger partial charge < -0.3 is 10.2 Å². The SMILES string of the molecule is CCNCc1cnc(N(CC)c2ccccc2)nc1. The molecule has 0 aliphatic rings. The Balaban J connectivity index is 2.15. The van der Waals surface area contributed by atoms with E-state index in [1.54, 1.807) is 0 Å². The first-order chi connectivity index (χ1) is 9.35. The third-order valence-corrected chi connectivity index (χ3v) is 2.90. The quantitative estimate of drug-likeness (QED) is 0.863. The molecule has 0 unspecified atom stereocenters. The first-order valence-corrected chi connectivity index (χ1v) is 6.69. The molecular weight excluding hydrogens is 236 g/mol. The minimum atomic E-state index is 0.744. The van der Waals surface area contributed by atoms with Crippen molar-refractivity contribution >= 4 is 11.6 Å². The molecule has 0 spiro atoms. The Labute approximate surface area is 114 Å². The smallest absolute Gasteiger partial charge is 0.229 e.